The van der Waals surface area contributed by atoms with Crippen LogP contribution in [0.4, 0.5) is 0 Å². The van der Waals surface area contributed by atoms with Crippen molar-refractivity contribution in [2.75, 3.05) is 6.26 Å². The molecule has 3 nitrogen and oxygen atoms in total. The van der Waals surface area contributed by atoms with Crippen molar-refractivity contribution in [1.29, 1.82) is 0 Å². The Bertz CT molecular complexity index is 830. The van der Waals surface area contributed by atoms with Gasteiger partial charge in [-0.2, -0.15) is 0 Å². The van der Waals surface area contributed by atoms with Crippen molar-refractivity contribution in [2.45, 2.75) is 25.0 Å². The molecule has 6 heteroatoms. The zero-order valence-corrected chi connectivity index (χ0v) is 14.6. The Morgan fingerprint density at radius 2 is 2.00 bits per heavy atom. The van der Waals surface area contributed by atoms with E-state index in [0.717, 1.165) is 28.0 Å². The van der Waals surface area contributed by atoms with Crippen molar-refractivity contribution in [3.8, 4) is 0 Å². The standard InChI is InChI=1S/C16H15Cl2N3S/c1-3-12-8-13-14(18)19-16(22-2)20-15(13)21(12)9-10-5-4-6-11(17)7-10/h4-8H,3,9H2,1-2H3. The monoisotopic (exact) mass is 351 g/mol. The molecule has 0 saturated carbocycles. The fourth-order valence-electron chi connectivity index (χ4n) is 2.50. The summed E-state index contributed by atoms with van der Waals surface area (Å²) in [6.07, 6.45) is 2.85. The minimum atomic E-state index is 0.508. The maximum atomic E-state index is 6.31. The lowest BCUT2D eigenvalue weighted by Gasteiger charge is -2.10. The molecule has 114 valence electrons. The zero-order chi connectivity index (χ0) is 15.7. The number of nitrogens with zero attached hydrogens (tertiary/aromatic N) is 3. The average Bonchev–Trinajstić information content (AvgIpc) is 2.86. The summed E-state index contributed by atoms with van der Waals surface area (Å²) in [6, 6.07) is 9.96. The first kappa shape index (κ1) is 15.7. The molecule has 22 heavy (non-hydrogen) atoms. The topological polar surface area (TPSA) is 30.7 Å². The molecule has 3 rings (SSSR count). The Morgan fingerprint density at radius 3 is 2.68 bits per heavy atom. The van der Waals surface area contributed by atoms with Gasteiger partial charge in [-0.1, -0.05) is 54.0 Å². The number of halogens is 2. The Labute approximate surface area is 143 Å². The molecule has 0 spiro atoms. The van der Waals surface area contributed by atoms with Gasteiger partial charge in [-0.3, -0.25) is 0 Å². The van der Waals surface area contributed by atoms with Crippen LogP contribution >= 0.6 is 35.0 Å². The summed E-state index contributed by atoms with van der Waals surface area (Å²) < 4.78 is 2.19. The second-order valence-corrected chi connectivity index (χ2v) is 6.51. The predicted molar refractivity (Wildman–Crippen MR) is 94.3 cm³/mol. The van der Waals surface area contributed by atoms with Crippen LogP contribution in [-0.4, -0.2) is 20.8 Å². The third-order valence-electron chi connectivity index (χ3n) is 3.55. The second-order valence-electron chi connectivity index (χ2n) is 4.94. The molecule has 1 aromatic carbocycles. The minimum Gasteiger partial charge on any atom is -0.325 e. The highest BCUT2D eigenvalue weighted by atomic mass is 35.5. The molecule has 0 amide bonds. The summed E-state index contributed by atoms with van der Waals surface area (Å²) >= 11 is 13.9. The number of hydrogen-bond donors (Lipinski definition) is 0. The van der Waals surface area contributed by atoms with Crippen molar-refractivity contribution >= 4 is 46.0 Å². The number of benzene rings is 1. The van der Waals surface area contributed by atoms with E-state index in [0.29, 0.717) is 16.9 Å². The lowest BCUT2D eigenvalue weighted by molar-refractivity contribution is 0.761. The first-order chi connectivity index (χ1) is 10.6. The van der Waals surface area contributed by atoms with Crippen LogP contribution in [0.25, 0.3) is 11.0 Å². The SMILES string of the molecule is CCc1cc2c(Cl)nc(SC)nc2n1Cc1cccc(Cl)c1. The molecule has 0 bridgehead atoms. The average molecular weight is 352 g/mol. The molecule has 0 saturated heterocycles. The fourth-order valence-corrected chi connectivity index (χ4v) is 3.34. The van der Waals surface area contributed by atoms with Crippen molar-refractivity contribution < 1.29 is 0 Å². The Kier molecular flexibility index (Phi) is 4.62. The molecule has 0 unspecified atom stereocenters. The van der Waals surface area contributed by atoms with Crippen molar-refractivity contribution in [1.82, 2.24) is 14.5 Å². The van der Waals surface area contributed by atoms with E-state index in [4.69, 9.17) is 23.2 Å². The normalized spacial score (nSPS) is 11.3. The van der Waals surface area contributed by atoms with Gasteiger partial charge in [0, 0.05) is 17.3 Å². The first-order valence-electron chi connectivity index (χ1n) is 6.96. The summed E-state index contributed by atoms with van der Waals surface area (Å²) in [5, 5.41) is 2.84. The van der Waals surface area contributed by atoms with Crippen LogP contribution < -0.4 is 0 Å². The van der Waals surface area contributed by atoms with Gasteiger partial charge in [-0.15, -0.1) is 0 Å². The van der Waals surface area contributed by atoms with Crippen molar-refractivity contribution in [2.24, 2.45) is 0 Å². The van der Waals surface area contributed by atoms with Gasteiger partial charge < -0.3 is 4.57 Å². The van der Waals surface area contributed by atoms with E-state index in [2.05, 4.69) is 33.6 Å². The van der Waals surface area contributed by atoms with E-state index in [1.54, 1.807) is 0 Å². The van der Waals surface area contributed by atoms with Crippen LogP contribution in [0.3, 0.4) is 0 Å². The Morgan fingerprint density at radius 1 is 1.18 bits per heavy atom. The van der Waals surface area contributed by atoms with Crippen LogP contribution in [0.5, 0.6) is 0 Å². The van der Waals surface area contributed by atoms with Gasteiger partial charge in [0.2, 0.25) is 0 Å². The molecule has 0 aliphatic rings. The van der Waals surface area contributed by atoms with Crippen LogP contribution in [-0.2, 0) is 13.0 Å². The van der Waals surface area contributed by atoms with Crippen LogP contribution in [0.15, 0.2) is 35.5 Å². The summed E-state index contributed by atoms with van der Waals surface area (Å²) in [5.74, 6) is 0. The molecule has 0 aliphatic heterocycles. The quantitative estimate of drug-likeness (QED) is 0.373. The van der Waals surface area contributed by atoms with E-state index in [1.165, 1.54) is 17.5 Å². The third-order valence-corrected chi connectivity index (χ3v) is 4.62. The van der Waals surface area contributed by atoms with E-state index in [9.17, 15) is 0 Å². The van der Waals surface area contributed by atoms with Crippen LogP contribution in [0.2, 0.25) is 10.2 Å². The molecule has 0 N–H and O–H groups in total. The van der Waals surface area contributed by atoms with Gasteiger partial charge in [0.05, 0.1) is 5.39 Å². The van der Waals surface area contributed by atoms with E-state index >= 15 is 0 Å². The molecule has 0 atom stereocenters. The predicted octanol–water partition coefficient (Wildman–Crippen LogP) is 5.07. The molecule has 0 radical (unpaired) electrons. The highest BCUT2D eigenvalue weighted by Crippen LogP contribution is 2.28. The Hall–Kier alpha value is -1.23. The number of aromatic nitrogens is 3. The minimum absolute atomic E-state index is 0.508. The highest BCUT2D eigenvalue weighted by molar-refractivity contribution is 7.98. The molecule has 2 aromatic heterocycles. The first-order valence-corrected chi connectivity index (χ1v) is 8.94. The smallest absolute Gasteiger partial charge is 0.190 e. The number of thioether (sulfide) groups is 1. The molecule has 0 aliphatic carbocycles. The van der Waals surface area contributed by atoms with Gasteiger partial charge in [-0.05, 0) is 36.4 Å². The summed E-state index contributed by atoms with van der Waals surface area (Å²) in [7, 11) is 0. The van der Waals surface area contributed by atoms with E-state index < -0.39 is 0 Å². The maximum absolute atomic E-state index is 6.31. The van der Waals surface area contributed by atoms with Gasteiger partial charge in [0.1, 0.15) is 10.8 Å². The molecule has 0 fully saturated rings. The van der Waals surface area contributed by atoms with Crippen LogP contribution in [0.1, 0.15) is 18.2 Å². The molecular formula is C16H15Cl2N3S. The maximum Gasteiger partial charge on any atom is 0.190 e. The Balaban J connectivity index is 2.16. The van der Waals surface area contributed by atoms with Gasteiger partial charge in [0.25, 0.3) is 0 Å². The number of fused-ring (bicyclic) bond motifs is 1. The summed E-state index contributed by atoms with van der Waals surface area (Å²) in [6.45, 7) is 2.84. The lowest BCUT2D eigenvalue weighted by atomic mass is 10.2. The fraction of sp³-hybridized carbons (Fsp3) is 0.250. The van der Waals surface area contributed by atoms with E-state index in [1.807, 2.05) is 24.5 Å². The van der Waals surface area contributed by atoms with Crippen LogP contribution in [0, 0.1) is 0 Å². The van der Waals surface area contributed by atoms with Crippen molar-refractivity contribution in [3.05, 3.63) is 51.8 Å². The molecule has 3 aromatic rings. The highest BCUT2D eigenvalue weighted by Gasteiger charge is 2.14. The summed E-state index contributed by atoms with van der Waals surface area (Å²) in [4.78, 5) is 8.95. The van der Waals surface area contributed by atoms with Crippen molar-refractivity contribution in [3.63, 3.8) is 0 Å². The molecular weight excluding hydrogens is 337 g/mol. The number of rotatable bonds is 4. The van der Waals surface area contributed by atoms with Gasteiger partial charge in [0.15, 0.2) is 5.16 Å². The van der Waals surface area contributed by atoms with E-state index in [-0.39, 0.29) is 0 Å². The molecule has 2 heterocycles. The summed E-state index contributed by atoms with van der Waals surface area (Å²) in [5.41, 5.74) is 3.20. The van der Waals surface area contributed by atoms with Gasteiger partial charge >= 0.3 is 0 Å². The second kappa shape index (κ2) is 6.49. The third kappa shape index (κ3) is 2.96. The van der Waals surface area contributed by atoms with Gasteiger partial charge in [-0.25, -0.2) is 9.97 Å². The largest absolute Gasteiger partial charge is 0.325 e. The number of hydrogen-bond acceptors (Lipinski definition) is 3. The lowest BCUT2D eigenvalue weighted by Crippen LogP contribution is -2.05. The number of aryl methyl sites for hydroxylation is 1. The zero-order valence-electron chi connectivity index (χ0n) is 12.3.